The summed E-state index contributed by atoms with van der Waals surface area (Å²) in [7, 11) is 0. The molecule has 24 heavy (non-hydrogen) atoms. The molecular weight excluding hydrogens is 300 g/mol. The van der Waals surface area contributed by atoms with Crippen LogP contribution in [0.2, 0.25) is 0 Å². The summed E-state index contributed by atoms with van der Waals surface area (Å²) in [5, 5.41) is 14.9. The van der Waals surface area contributed by atoms with E-state index in [9.17, 15) is 10.1 Å². The van der Waals surface area contributed by atoms with E-state index < -0.39 is 0 Å². The molecule has 1 aliphatic heterocycles. The second-order valence-corrected chi connectivity index (χ2v) is 6.57. The molecule has 4 rings (SSSR count). The summed E-state index contributed by atoms with van der Waals surface area (Å²) in [5.74, 6) is 0.656. The molecule has 1 N–H and O–H groups in total. The average molecular weight is 320 g/mol. The van der Waals surface area contributed by atoms with Crippen LogP contribution in [0.15, 0.2) is 54.6 Å². The van der Waals surface area contributed by atoms with Crippen molar-refractivity contribution in [1.29, 1.82) is 0 Å². The van der Waals surface area contributed by atoms with Gasteiger partial charge in [-0.3, -0.25) is 10.1 Å². The fraction of sp³-hybridized carbons (Fsp3) is 0.300. The molecule has 2 aromatic carbocycles. The number of aryl methyl sites for hydroxylation is 1. The van der Waals surface area contributed by atoms with Gasteiger partial charge in [-0.25, -0.2) is 0 Å². The predicted octanol–water partition coefficient (Wildman–Crippen LogP) is 4.98. The lowest BCUT2D eigenvalue weighted by Gasteiger charge is -2.37. The number of anilines is 1. The van der Waals surface area contributed by atoms with Crippen LogP contribution in [0.25, 0.3) is 0 Å². The van der Waals surface area contributed by atoms with Gasteiger partial charge in [-0.15, -0.1) is 0 Å². The number of hydrogen-bond donors (Lipinski definition) is 1. The Bertz CT molecular complexity index is 811. The van der Waals surface area contributed by atoms with Crippen molar-refractivity contribution < 1.29 is 4.92 Å². The quantitative estimate of drug-likeness (QED) is 0.493. The van der Waals surface area contributed by atoms with Gasteiger partial charge in [-0.2, -0.15) is 0 Å². The molecule has 3 atom stereocenters. The van der Waals surface area contributed by atoms with Gasteiger partial charge in [0, 0.05) is 12.0 Å². The highest BCUT2D eigenvalue weighted by molar-refractivity contribution is 5.71. The number of rotatable bonds is 3. The van der Waals surface area contributed by atoms with Crippen LogP contribution in [0.1, 0.15) is 42.0 Å². The molecule has 0 spiro atoms. The molecule has 122 valence electrons. The van der Waals surface area contributed by atoms with Crippen molar-refractivity contribution in [3.05, 3.63) is 81.4 Å². The second-order valence-electron chi connectivity index (χ2n) is 6.57. The Kier molecular flexibility index (Phi) is 3.60. The van der Waals surface area contributed by atoms with Crippen molar-refractivity contribution in [2.45, 2.75) is 31.7 Å². The summed E-state index contributed by atoms with van der Waals surface area (Å²) < 4.78 is 0. The van der Waals surface area contributed by atoms with Crippen LogP contribution in [0, 0.1) is 16.0 Å². The van der Waals surface area contributed by atoms with Crippen LogP contribution in [0.4, 0.5) is 11.4 Å². The van der Waals surface area contributed by atoms with Crippen LogP contribution >= 0.6 is 0 Å². The number of nitrogens with zero attached hydrogens (tertiary/aromatic N) is 1. The molecule has 2 aromatic rings. The molecule has 0 radical (unpaired) electrons. The van der Waals surface area contributed by atoms with E-state index >= 15 is 0 Å². The molecule has 0 fully saturated rings. The highest BCUT2D eigenvalue weighted by Crippen LogP contribution is 2.51. The van der Waals surface area contributed by atoms with Crippen molar-refractivity contribution in [3.8, 4) is 0 Å². The molecule has 0 amide bonds. The van der Waals surface area contributed by atoms with Gasteiger partial charge in [-0.05, 0) is 35.4 Å². The predicted molar refractivity (Wildman–Crippen MR) is 95.3 cm³/mol. The normalized spacial score (nSPS) is 24.1. The van der Waals surface area contributed by atoms with Gasteiger partial charge < -0.3 is 5.32 Å². The van der Waals surface area contributed by atoms with Crippen LogP contribution in [-0.4, -0.2) is 4.92 Å². The molecular formula is C20H20N2O2. The first-order valence-corrected chi connectivity index (χ1v) is 8.48. The number of nitrogens with one attached hydrogen (secondary N) is 1. The number of nitro benzene ring substituents is 1. The molecule has 4 nitrogen and oxygen atoms in total. The minimum atomic E-state index is -0.290. The number of para-hydroxylation sites is 1. The summed E-state index contributed by atoms with van der Waals surface area (Å²) in [6.07, 6.45) is 6.43. The molecule has 0 aromatic heterocycles. The van der Waals surface area contributed by atoms with Gasteiger partial charge in [-0.1, -0.05) is 55.5 Å². The molecule has 0 bridgehead atoms. The molecule has 0 unspecified atom stereocenters. The summed E-state index contributed by atoms with van der Waals surface area (Å²) in [6, 6.07) is 14.1. The SMILES string of the molecule is CCc1ccc([C@@H]2Nc3c(cccc3[N+](=O)[O-])[C@H]3C=CC[C@@H]32)cc1. The van der Waals surface area contributed by atoms with Crippen molar-refractivity contribution in [2.75, 3.05) is 5.32 Å². The summed E-state index contributed by atoms with van der Waals surface area (Å²) in [6.45, 7) is 2.14. The zero-order valence-electron chi connectivity index (χ0n) is 13.6. The standard InChI is InChI=1S/C20H20N2O2/c1-2-13-9-11-14(12-10-13)19-16-6-3-5-15(16)17-7-4-8-18(22(23)24)20(17)21-19/h3-5,7-12,15-16,19,21H,2,6H2,1H3/t15-,16-,19-/m0/s1. The number of nitro groups is 1. The minimum absolute atomic E-state index is 0.101. The third-order valence-corrected chi connectivity index (χ3v) is 5.32. The topological polar surface area (TPSA) is 55.2 Å². The highest BCUT2D eigenvalue weighted by Gasteiger charge is 2.40. The first kappa shape index (κ1) is 14.9. The summed E-state index contributed by atoms with van der Waals surface area (Å²) in [5.41, 5.74) is 4.41. The third-order valence-electron chi connectivity index (χ3n) is 5.32. The maximum Gasteiger partial charge on any atom is 0.292 e. The van der Waals surface area contributed by atoms with Gasteiger partial charge in [0.2, 0.25) is 0 Å². The van der Waals surface area contributed by atoms with E-state index in [1.54, 1.807) is 12.1 Å². The zero-order valence-corrected chi connectivity index (χ0v) is 13.6. The molecule has 1 aliphatic carbocycles. The first-order chi connectivity index (χ1) is 11.7. The number of hydrogen-bond acceptors (Lipinski definition) is 3. The van der Waals surface area contributed by atoms with Gasteiger partial charge >= 0.3 is 0 Å². The zero-order chi connectivity index (χ0) is 16.7. The van der Waals surface area contributed by atoms with E-state index in [0.717, 1.165) is 18.4 Å². The fourth-order valence-electron chi connectivity index (χ4n) is 4.05. The largest absolute Gasteiger partial charge is 0.372 e. The smallest absolute Gasteiger partial charge is 0.292 e. The Labute approximate surface area is 141 Å². The van der Waals surface area contributed by atoms with Gasteiger partial charge in [0.05, 0.1) is 11.0 Å². The van der Waals surface area contributed by atoms with Gasteiger partial charge in [0.15, 0.2) is 0 Å². The second kappa shape index (κ2) is 5.78. The number of fused-ring (bicyclic) bond motifs is 3. The van der Waals surface area contributed by atoms with Crippen LogP contribution in [-0.2, 0) is 6.42 Å². The molecule has 0 saturated carbocycles. The highest BCUT2D eigenvalue weighted by atomic mass is 16.6. The van der Waals surface area contributed by atoms with Crippen molar-refractivity contribution in [2.24, 2.45) is 5.92 Å². The van der Waals surface area contributed by atoms with Gasteiger partial charge in [0.1, 0.15) is 5.69 Å². The van der Waals surface area contributed by atoms with E-state index in [1.165, 1.54) is 11.1 Å². The monoisotopic (exact) mass is 320 g/mol. The molecule has 0 saturated heterocycles. The van der Waals surface area contributed by atoms with Gasteiger partial charge in [0.25, 0.3) is 5.69 Å². The van der Waals surface area contributed by atoms with Crippen LogP contribution in [0.3, 0.4) is 0 Å². The van der Waals surface area contributed by atoms with E-state index in [1.807, 2.05) is 6.07 Å². The molecule has 1 heterocycles. The lowest BCUT2D eigenvalue weighted by molar-refractivity contribution is -0.384. The van der Waals surface area contributed by atoms with E-state index in [2.05, 4.69) is 48.7 Å². The Hall–Kier alpha value is -2.62. The summed E-state index contributed by atoms with van der Waals surface area (Å²) in [4.78, 5) is 11.1. The Morgan fingerprint density at radius 1 is 1.21 bits per heavy atom. The molecule has 4 heteroatoms. The lowest BCUT2D eigenvalue weighted by atomic mass is 9.76. The van der Waals surface area contributed by atoms with E-state index in [4.69, 9.17) is 0 Å². The maximum absolute atomic E-state index is 11.4. The Balaban J connectivity index is 1.79. The summed E-state index contributed by atoms with van der Waals surface area (Å²) >= 11 is 0. The van der Waals surface area contributed by atoms with Crippen molar-refractivity contribution in [3.63, 3.8) is 0 Å². The maximum atomic E-state index is 11.4. The van der Waals surface area contributed by atoms with E-state index in [-0.39, 0.29) is 22.6 Å². The van der Waals surface area contributed by atoms with E-state index in [0.29, 0.717) is 11.6 Å². The van der Waals surface area contributed by atoms with Crippen molar-refractivity contribution >= 4 is 11.4 Å². The Morgan fingerprint density at radius 3 is 2.71 bits per heavy atom. The van der Waals surface area contributed by atoms with Crippen molar-refractivity contribution in [1.82, 2.24) is 0 Å². The Morgan fingerprint density at radius 2 is 2.00 bits per heavy atom. The number of benzene rings is 2. The lowest BCUT2D eigenvalue weighted by Crippen LogP contribution is -2.29. The first-order valence-electron chi connectivity index (χ1n) is 8.48. The number of allylic oxidation sites excluding steroid dienone is 2. The average Bonchev–Trinajstić information content (AvgIpc) is 3.10. The third kappa shape index (κ3) is 2.30. The van der Waals surface area contributed by atoms with Crippen LogP contribution < -0.4 is 5.32 Å². The fourth-order valence-corrected chi connectivity index (χ4v) is 4.05. The van der Waals surface area contributed by atoms with Crippen LogP contribution in [0.5, 0.6) is 0 Å². The minimum Gasteiger partial charge on any atom is -0.372 e. The molecule has 2 aliphatic rings.